The molecule has 1 saturated carbocycles. The van der Waals surface area contributed by atoms with Crippen LogP contribution in [0.25, 0.3) is 0 Å². The van der Waals surface area contributed by atoms with Gasteiger partial charge >= 0.3 is 0 Å². The van der Waals surface area contributed by atoms with Crippen molar-refractivity contribution in [2.24, 2.45) is 0 Å². The molecule has 2 aromatic carbocycles. The Hall–Kier alpha value is -2.07. The highest BCUT2D eigenvalue weighted by molar-refractivity contribution is 7.80. The monoisotopic (exact) mass is 340 g/mol. The molecule has 1 aliphatic rings. The van der Waals surface area contributed by atoms with Crippen LogP contribution in [0.3, 0.4) is 0 Å². The van der Waals surface area contributed by atoms with E-state index in [0.717, 1.165) is 23.1 Å². The number of benzene rings is 2. The highest BCUT2D eigenvalue weighted by atomic mass is 32.1. The Kier molecular flexibility index (Phi) is 5.05. The molecule has 4 heteroatoms. The maximum Gasteiger partial charge on any atom is 0.173 e. The third-order valence-electron chi connectivity index (χ3n) is 4.40. The predicted molar refractivity (Wildman–Crippen MR) is 104 cm³/mol. The molecule has 0 heterocycles. The number of ether oxygens (including phenoxy) is 1. The fourth-order valence-electron chi connectivity index (χ4n) is 2.74. The summed E-state index contributed by atoms with van der Waals surface area (Å²) in [6.45, 7) is 5.03. The number of rotatable bonds is 5. The predicted octanol–water partition coefficient (Wildman–Crippen LogP) is 4.67. The second-order valence-electron chi connectivity index (χ2n) is 6.46. The lowest BCUT2D eigenvalue weighted by molar-refractivity contribution is 0.405. The van der Waals surface area contributed by atoms with Gasteiger partial charge in [-0.2, -0.15) is 0 Å². The molecule has 24 heavy (non-hydrogen) atoms. The molecule has 3 rings (SSSR count). The molecule has 0 aromatic heterocycles. The first kappa shape index (κ1) is 16.8. The smallest absolute Gasteiger partial charge is 0.173 e. The van der Waals surface area contributed by atoms with Crippen molar-refractivity contribution in [1.82, 2.24) is 4.90 Å². The van der Waals surface area contributed by atoms with Gasteiger partial charge in [0, 0.05) is 18.3 Å². The van der Waals surface area contributed by atoms with Crippen LogP contribution < -0.4 is 10.1 Å². The zero-order chi connectivity index (χ0) is 17.1. The molecule has 3 nitrogen and oxygen atoms in total. The number of nitrogens with one attached hydrogen (secondary N) is 1. The van der Waals surface area contributed by atoms with Crippen molar-refractivity contribution in [2.75, 3.05) is 12.4 Å². The lowest BCUT2D eigenvalue weighted by Crippen LogP contribution is -2.36. The molecule has 0 saturated heterocycles. The van der Waals surface area contributed by atoms with E-state index in [1.807, 2.05) is 12.1 Å². The molecule has 0 atom stereocenters. The number of anilines is 1. The van der Waals surface area contributed by atoms with E-state index < -0.39 is 0 Å². The van der Waals surface area contributed by atoms with E-state index in [0.29, 0.717) is 6.04 Å². The maximum atomic E-state index is 5.71. The van der Waals surface area contributed by atoms with Gasteiger partial charge in [0.15, 0.2) is 5.11 Å². The van der Waals surface area contributed by atoms with Crippen molar-refractivity contribution in [3.05, 3.63) is 59.2 Å². The van der Waals surface area contributed by atoms with Crippen LogP contribution in [0.15, 0.2) is 42.5 Å². The van der Waals surface area contributed by atoms with E-state index in [1.165, 1.54) is 29.5 Å². The average Bonchev–Trinajstić information content (AvgIpc) is 3.41. The van der Waals surface area contributed by atoms with Crippen molar-refractivity contribution >= 4 is 23.0 Å². The standard InChI is InChI=1S/C20H24N2OS/c1-14-4-5-15(2)19(12-14)21-20(24)22(17-8-9-17)13-16-6-10-18(23-3)11-7-16/h4-7,10-12,17H,8-9,13H2,1-3H3,(H,21,24). The van der Waals surface area contributed by atoms with Crippen LogP contribution in [0.2, 0.25) is 0 Å². The Morgan fingerprint density at radius 3 is 2.50 bits per heavy atom. The highest BCUT2D eigenvalue weighted by Crippen LogP contribution is 2.30. The molecule has 0 spiro atoms. The number of hydrogen-bond acceptors (Lipinski definition) is 2. The normalized spacial score (nSPS) is 13.5. The molecule has 1 aliphatic carbocycles. The number of aryl methyl sites for hydroxylation is 2. The molecule has 1 N–H and O–H groups in total. The van der Waals surface area contributed by atoms with Gasteiger partial charge in [0.05, 0.1) is 7.11 Å². The zero-order valence-corrected chi connectivity index (χ0v) is 15.3. The molecule has 2 aromatic rings. The number of nitrogens with zero attached hydrogens (tertiary/aromatic N) is 1. The second-order valence-corrected chi connectivity index (χ2v) is 6.84. The molecule has 0 radical (unpaired) electrons. The summed E-state index contributed by atoms with van der Waals surface area (Å²) in [4.78, 5) is 2.30. The van der Waals surface area contributed by atoms with E-state index >= 15 is 0 Å². The minimum absolute atomic E-state index is 0.553. The summed E-state index contributed by atoms with van der Waals surface area (Å²) in [6, 6.07) is 15.2. The Balaban J connectivity index is 1.72. The van der Waals surface area contributed by atoms with Gasteiger partial charge in [-0.05, 0) is 73.8 Å². The average molecular weight is 340 g/mol. The van der Waals surface area contributed by atoms with Crippen molar-refractivity contribution in [2.45, 2.75) is 39.3 Å². The first-order chi connectivity index (χ1) is 11.6. The van der Waals surface area contributed by atoms with E-state index in [4.69, 9.17) is 17.0 Å². The maximum absolute atomic E-state index is 5.71. The molecular formula is C20H24N2OS. The Labute approximate surface area is 149 Å². The third-order valence-corrected chi connectivity index (χ3v) is 4.73. The van der Waals surface area contributed by atoms with Crippen molar-refractivity contribution < 1.29 is 4.74 Å². The molecule has 0 bridgehead atoms. The minimum Gasteiger partial charge on any atom is -0.497 e. The zero-order valence-electron chi connectivity index (χ0n) is 14.5. The van der Waals surface area contributed by atoms with Crippen LogP contribution in [0.5, 0.6) is 5.75 Å². The van der Waals surface area contributed by atoms with Crippen molar-refractivity contribution in [3.63, 3.8) is 0 Å². The van der Waals surface area contributed by atoms with E-state index in [9.17, 15) is 0 Å². The Morgan fingerprint density at radius 2 is 1.88 bits per heavy atom. The number of hydrogen-bond donors (Lipinski definition) is 1. The van der Waals surface area contributed by atoms with E-state index in [1.54, 1.807) is 7.11 Å². The lowest BCUT2D eigenvalue weighted by Gasteiger charge is -2.26. The van der Waals surface area contributed by atoms with Crippen molar-refractivity contribution in [1.29, 1.82) is 0 Å². The van der Waals surface area contributed by atoms with Crippen LogP contribution >= 0.6 is 12.2 Å². The summed E-state index contributed by atoms with van der Waals surface area (Å²) < 4.78 is 5.23. The van der Waals surface area contributed by atoms with Gasteiger partial charge in [-0.15, -0.1) is 0 Å². The second kappa shape index (κ2) is 7.22. The summed E-state index contributed by atoms with van der Waals surface area (Å²) in [5.41, 5.74) is 4.79. The molecule has 0 aliphatic heterocycles. The highest BCUT2D eigenvalue weighted by Gasteiger charge is 2.31. The summed E-state index contributed by atoms with van der Waals surface area (Å²) in [6.07, 6.45) is 2.43. The molecule has 0 unspecified atom stereocenters. The number of methoxy groups -OCH3 is 1. The van der Waals surface area contributed by atoms with Gasteiger partial charge in [-0.25, -0.2) is 0 Å². The van der Waals surface area contributed by atoms with Crippen LogP contribution in [-0.2, 0) is 6.54 Å². The van der Waals surface area contributed by atoms with Gasteiger partial charge in [0.1, 0.15) is 5.75 Å². The van der Waals surface area contributed by atoms with Crippen molar-refractivity contribution in [3.8, 4) is 5.75 Å². The summed E-state index contributed by atoms with van der Waals surface area (Å²) in [5.74, 6) is 0.882. The topological polar surface area (TPSA) is 24.5 Å². The first-order valence-electron chi connectivity index (χ1n) is 8.34. The van der Waals surface area contributed by atoms with Gasteiger partial charge < -0.3 is 15.0 Å². The molecule has 0 amide bonds. The SMILES string of the molecule is COc1ccc(CN(C(=S)Nc2cc(C)ccc2C)C2CC2)cc1. The molecule has 126 valence electrons. The van der Waals surface area contributed by atoms with Crippen LogP contribution in [0, 0.1) is 13.8 Å². The van der Waals surface area contributed by atoms with Crippen LogP contribution in [0.1, 0.15) is 29.5 Å². The summed E-state index contributed by atoms with van der Waals surface area (Å²) in [7, 11) is 1.69. The Morgan fingerprint density at radius 1 is 1.17 bits per heavy atom. The van der Waals surface area contributed by atoms with Crippen LogP contribution in [-0.4, -0.2) is 23.2 Å². The summed E-state index contributed by atoms with van der Waals surface area (Å²) >= 11 is 5.71. The minimum atomic E-state index is 0.553. The lowest BCUT2D eigenvalue weighted by atomic mass is 10.1. The summed E-state index contributed by atoms with van der Waals surface area (Å²) in [5, 5.41) is 4.26. The molecular weight excluding hydrogens is 316 g/mol. The fraction of sp³-hybridized carbons (Fsp3) is 0.350. The van der Waals surface area contributed by atoms with Gasteiger partial charge in [-0.3, -0.25) is 0 Å². The van der Waals surface area contributed by atoms with Gasteiger partial charge in [0.2, 0.25) is 0 Å². The Bertz CT molecular complexity index is 723. The third kappa shape index (κ3) is 4.06. The van der Waals surface area contributed by atoms with E-state index in [2.05, 4.69) is 54.4 Å². The largest absolute Gasteiger partial charge is 0.497 e. The first-order valence-corrected chi connectivity index (χ1v) is 8.75. The molecule has 1 fully saturated rings. The van der Waals surface area contributed by atoms with E-state index in [-0.39, 0.29) is 0 Å². The number of thiocarbonyl (C=S) groups is 1. The van der Waals surface area contributed by atoms with Crippen LogP contribution in [0.4, 0.5) is 5.69 Å². The van der Waals surface area contributed by atoms with Gasteiger partial charge in [-0.1, -0.05) is 24.3 Å². The quantitative estimate of drug-likeness (QED) is 0.799. The van der Waals surface area contributed by atoms with Gasteiger partial charge in [0.25, 0.3) is 0 Å². The fourth-order valence-corrected chi connectivity index (χ4v) is 3.06.